The zero-order chi connectivity index (χ0) is 28.6. The molecule has 1 saturated heterocycles. The molecule has 0 unspecified atom stereocenters. The van der Waals surface area contributed by atoms with Crippen molar-refractivity contribution in [2.75, 3.05) is 43.7 Å². The summed E-state index contributed by atoms with van der Waals surface area (Å²) in [6.07, 6.45) is -0.842. The van der Waals surface area contributed by atoms with Crippen molar-refractivity contribution < 1.29 is 22.7 Å². The summed E-state index contributed by atoms with van der Waals surface area (Å²) in [5.74, 6) is -0.500. The summed E-state index contributed by atoms with van der Waals surface area (Å²) in [4.78, 5) is 15.3. The van der Waals surface area contributed by atoms with Crippen LogP contribution in [0.25, 0.3) is 5.70 Å². The van der Waals surface area contributed by atoms with Crippen LogP contribution in [-0.4, -0.2) is 59.1 Å². The van der Waals surface area contributed by atoms with E-state index >= 15 is 0 Å². The van der Waals surface area contributed by atoms with Crippen molar-refractivity contribution in [3.05, 3.63) is 82.3 Å². The van der Waals surface area contributed by atoms with Gasteiger partial charge in [0.05, 0.1) is 36.4 Å². The molecular formula is C28H32F3N7O2. The highest BCUT2D eigenvalue weighted by molar-refractivity contribution is 6.05. The number of amides is 1. The number of aryl methyl sites for hydroxylation is 2. The van der Waals surface area contributed by atoms with Gasteiger partial charge in [-0.3, -0.25) is 24.8 Å². The smallest absolute Gasteiger partial charge is 0.379 e. The number of hydrogen-bond donors (Lipinski definition) is 2. The highest BCUT2D eigenvalue weighted by Gasteiger charge is 2.32. The molecule has 0 bridgehead atoms. The first-order valence-electron chi connectivity index (χ1n) is 12.9. The Morgan fingerprint density at radius 3 is 2.52 bits per heavy atom. The predicted octanol–water partition coefficient (Wildman–Crippen LogP) is 4.31. The normalized spacial score (nSPS) is 16.7. The van der Waals surface area contributed by atoms with Crippen LogP contribution in [0.15, 0.2) is 48.8 Å². The number of alkyl halides is 3. The van der Waals surface area contributed by atoms with Crippen molar-refractivity contribution in [1.29, 1.82) is 0 Å². The third-order valence-electron chi connectivity index (χ3n) is 7.19. The summed E-state index contributed by atoms with van der Waals surface area (Å²) in [6.45, 7) is 6.60. The van der Waals surface area contributed by atoms with Gasteiger partial charge in [-0.1, -0.05) is 6.07 Å². The standard InChI is InChI=1S/C28H32F3N7O2/c1-18-5-6-21(13-26(18)38-17-25(34-36(38)4)24-15-32-35(3)19(24)2)27(39)33-23-12-20(11-22(14-23)28(29,30)31)16-37-7-9-40-10-8-37/h5-6,11-15,17,34H,7-10,16H2,1-4H3,(H,33,39). The zero-order valence-corrected chi connectivity index (χ0v) is 22.8. The number of anilines is 2. The fourth-order valence-corrected chi connectivity index (χ4v) is 4.83. The van der Waals surface area contributed by atoms with Gasteiger partial charge in [-0.15, -0.1) is 5.12 Å². The Labute approximate surface area is 230 Å². The quantitative estimate of drug-likeness (QED) is 0.470. The second kappa shape index (κ2) is 11.0. The molecule has 212 valence electrons. The molecular weight excluding hydrogens is 523 g/mol. The topological polar surface area (TPSA) is 77.9 Å². The molecule has 1 amide bonds. The molecule has 12 heteroatoms. The molecule has 0 aliphatic carbocycles. The minimum absolute atomic E-state index is 0.0967. The summed E-state index contributed by atoms with van der Waals surface area (Å²) in [5.41, 5.74) is 7.84. The maximum absolute atomic E-state index is 13.7. The SMILES string of the molecule is Cc1ccc(C(=O)Nc2cc(CN3CCOCC3)cc(C(F)(F)F)c2)cc1N1C=C(c2cnn(C)c2C)NN1C. The van der Waals surface area contributed by atoms with Crippen molar-refractivity contribution in [1.82, 2.24) is 25.2 Å². The van der Waals surface area contributed by atoms with E-state index in [0.29, 0.717) is 44.0 Å². The summed E-state index contributed by atoms with van der Waals surface area (Å²) in [5, 5.41) is 10.7. The highest BCUT2D eigenvalue weighted by Crippen LogP contribution is 2.33. The van der Waals surface area contributed by atoms with Gasteiger partial charge in [0.2, 0.25) is 0 Å². The number of carbonyl (C=O) groups is 1. The Morgan fingerprint density at radius 1 is 1.10 bits per heavy atom. The third kappa shape index (κ3) is 5.83. The van der Waals surface area contributed by atoms with Crippen LogP contribution in [0.5, 0.6) is 0 Å². The van der Waals surface area contributed by atoms with Crippen molar-refractivity contribution in [2.45, 2.75) is 26.6 Å². The Hall–Kier alpha value is -3.87. The minimum atomic E-state index is -4.54. The molecule has 0 atom stereocenters. The predicted molar refractivity (Wildman–Crippen MR) is 146 cm³/mol. The van der Waals surface area contributed by atoms with Crippen LogP contribution in [-0.2, 0) is 24.5 Å². The molecule has 0 spiro atoms. The molecule has 5 rings (SSSR count). The molecule has 40 heavy (non-hydrogen) atoms. The van der Waals surface area contributed by atoms with E-state index in [2.05, 4.69) is 15.8 Å². The maximum atomic E-state index is 13.7. The number of aromatic nitrogens is 2. The molecule has 2 N–H and O–H groups in total. The fourth-order valence-electron chi connectivity index (χ4n) is 4.83. The fraction of sp³-hybridized carbons (Fsp3) is 0.357. The van der Waals surface area contributed by atoms with Gasteiger partial charge in [-0.25, -0.2) is 0 Å². The van der Waals surface area contributed by atoms with Crippen LogP contribution in [0, 0.1) is 13.8 Å². The van der Waals surface area contributed by atoms with Crippen LogP contribution in [0.1, 0.15) is 38.3 Å². The lowest BCUT2D eigenvalue weighted by molar-refractivity contribution is -0.137. The van der Waals surface area contributed by atoms with Crippen molar-refractivity contribution >= 4 is 23.0 Å². The van der Waals surface area contributed by atoms with E-state index in [4.69, 9.17) is 4.74 Å². The lowest BCUT2D eigenvalue weighted by atomic mass is 10.1. The Kier molecular flexibility index (Phi) is 7.58. The molecule has 0 saturated carbocycles. The van der Waals surface area contributed by atoms with Crippen LogP contribution >= 0.6 is 0 Å². The Morgan fingerprint density at radius 2 is 1.85 bits per heavy atom. The number of ether oxygens (including phenoxy) is 1. The number of nitrogens with zero attached hydrogens (tertiary/aromatic N) is 5. The lowest BCUT2D eigenvalue weighted by Crippen LogP contribution is -2.39. The lowest BCUT2D eigenvalue weighted by Gasteiger charge is -2.27. The molecule has 9 nitrogen and oxygen atoms in total. The number of halogens is 3. The van der Waals surface area contributed by atoms with Crippen LogP contribution in [0.3, 0.4) is 0 Å². The number of carbonyl (C=O) groups excluding carboxylic acids is 1. The molecule has 2 aliphatic heterocycles. The molecule has 3 aromatic rings. The van der Waals surface area contributed by atoms with Crippen LogP contribution < -0.4 is 15.8 Å². The van der Waals surface area contributed by atoms with Crippen LogP contribution in [0.4, 0.5) is 24.5 Å². The van der Waals surface area contributed by atoms with E-state index in [-0.39, 0.29) is 5.69 Å². The minimum Gasteiger partial charge on any atom is -0.379 e. The summed E-state index contributed by atoms with van der Waals surface area (Å²) >= 11 is 0. The van der Waals surface area contributed by atoms with Crippen molar-refractivity contribution in [3.8, 4) is 0 Å². The van der Waals surface area contributed by atoms with E-state index in [1.165, 1.54) is 0 Å². The van der Waals surface area contributed by atoms with Gasteiger partial charge < -0.3 is 10.1 Å². The van der Waals surface area contributed by atoms with E-state index in [0.717, 1.165) is 40.3 Å². The summed E-state index contributed by atoms with van der Waals surface area (Å²) in [7, 11) is 3.72. The molecule has 0 radical (unpaired) electrons. The molecule has 2 aromatic carbocycles. The average molecular weight is 556 g/mol. The second-order valence-corrected chi connectivity index (χ2v) is 10.1. The van der Waals surface area contributed by atoms with Gasteiger partial charge in [0.1, 0.15) is 0 Å². The Bertz CT molecular complexity index is 1440. The van der Waals surface area contributed by atoms with Gasteiger partial charge in [-0.05, 0) is 55.3 Å². The van der Waals surface area contributed by atoms with E-state index in [1.807, 2.05) is 50.1 Å². The Balaban J connectivity index is 1.40. The largest absolute Gasteiger partial charge is 0.416 e. The van der Waals surface area contributed by atoms with E-state index < -0.39 is 17.6 Å². The first-order valence-corrected chi connectivity index (χ1v) is 12.9. The zero-order valence-electron chi connectivity index (χ0n) is 22.8. The van der Waals surface area contributed by atoms with Crippen LogP contribution in [0.2, 0.25) is 0 Å². The molecule has 1 aromatic heterocycles. The van der Waals surface area contributed by atoms with Gasteiger partial charge in [0, 0.05) is 62.4 Å². The summed E-state index contributed by atoms with van der Waals surface area (Å²) < 4.78 is 48.2. The molecule has 3 heterocycles. The van der Waals surface area contributed by atoms with Gasteiger partial charge >= 0.3 is 6.18 Å². The van der Waals surface area contributed by atoms with E-state index in [1.54, 1.807) is 34.2 Å². The number of benzene rings is 2. The molecule has 1 fully saturated rings. The molecule has 2 aliphatic rings. The van der Waals surface area contributed by atoms with Gasteiger partial charge in [0.15, 0.2) is 0 Å². The maximum Gasteiger partial charge on any atom is 0.416 e. The number of morpholine rings is 1. The monoisotopic (exact) mass is 555 g/mol. The first-order chi connectivity index (χ1) is 19.0. The third-order valence-corrected chi connectivity index (χ3v) is 7.19. The average Bonchev–Trinajstić information content (AvgIpc) is 3.45. The first kappa shape index (κ1) is 27.7. The number of hydrogen-bond acceptors (Lipinski definition) is 7. The van der Waals surface area contributed by atoms with E-state index in [9.17, 15) is 18.0 Å². The second-order valence-electron chi connectivity index (χ2n) is 10.1. The highest BCUT2D eigenvalue weighted by atomic mass is 19.4. The number of rotatable bonds is 6. The number of nitrogens with one attached hydrogen (secondary N) is 2. The van der Waals surface area contributed by atoms with Gasteiger partial charge in [0.25, 0.3) is 5.91 Å². The summed E-state index contributed by atoms with van der Waals surface area (Å²) in [6, 6.07) is 8.91. The number of hydrazine groups is 2. The van der Waals surface area contributed by atoms with Gasteiger partial charge in [-0.2, -0.15) is 18.3 Å². The van der Waals surface area contributed by atoms with Crippen molar-refractivity contribution in [3.63, 3.8) is 0 Å². The van der Waals surface area contributed by atoms with Crippen molar-refractivity contribution in [2.24, 2.45) is 7.05 Å².